The predicted molar refractivity (Wildman–Crippen MR) is 120 cm³/mol. The van der Waals surface area contributed by atoms with Crippen LogP contribution in [0, 0.1) is 0 Å². The number of phosphoric acid groups is 2. The lowest BCUT2D eigenvalue weighted by Gasteiger charge is -2.39. The lowest BCUT2D eigenvalue weighted by atomic mass is 10.00. The number of rotatable bonds is 9. The molecule has 0 saturated carbocycles. The van der Waals surface area contributed by atoms with Crippen LogP contribution < -0.4 is 11.3 Å². The van der Waals surface area contributed by atoms with E-state index < -0.39 is 89.7 Å². The molecule has 2 saturated heterocycles. The van der Waals surface area contributed by atoms with Gasteiger partial charge in [-0.15, -0.1) is 0 Å². The van der Waals surface area contributed by atoms with E-state index in [1.807, 2.05) is 0 Å². The first-order valence-corrected chi connectivity index (χ1v) is 13.9. The van der Waals surface area contributed by atoms with Crippen LogP contribution in [0.5, 0.6) is 0 Å². The van der Waals surface area contributed by atoms with Crippen LogP contribution in [0.3, 0.4) is 0 Å². The maximum Gasteiger partial charge on any atom is 0.483 e. The number of aliphatic hydroxyl groups is 6. The van der Waals surface area contributed by atoms with Crippen LogP contribution in [0.2, 0.25) is 0 Å². The van der Waals surface area contributed by atoms with E-state index in [1.165, 1.54) is 0 Å². The normalized spacial score (nSPS) is 36.6. The Labute approximate surface area is 216 Å². The van der Waals surface area contributed by atoms with E-state index in [9.17, 15) is 49.2 Å². The summed E-state index contributed by atoms with van der Waals surface area (Å²) in [4.78, 5) is 41.7. The van der Waals surface area contributed by atoms with Crippen molar-refractivity contribution in [2.45, 2.75) is 55.2 Å². The maximum absolute atomic E-state index is 12.3. The van der Waals surface area contributed by atoms with Crippen molar-refractivity contribution < 1.29 is 72.4 Å². The van der Waals surface area contributed by atoms with Crippen LogP contribution in [0.4, 0.5) is 5.95 Å². The van der Waals surface area contributed by atoms with Crippen molar-refractivity contribution in [1.29, 1.82) is 0 Å². The highest BCUT2D eigenvalue weighted by Gasteiger charge is 2.49. The number of hydrogen-bond acceptors (Lipinski definition) is 17. The topological polar surface area (TPSA) is 332 Å². The molecule has 2 aromatic rings. The second kappa shape index (κ2) is 11.2. The lowest BCUT2D eigenvalue weighted by molar-refractivity contribution is -0.280. The van der Waals surface area contributed by atoms with Crippen LogP contribution in [0.25, 0.3) is 11.2 Å². The zero-order chi connectivity index (χ0) is 28.9. The molecule has 0 amide bonds. The number of aromatic amines is 1. The van der Waals surface area contributed by atoms with Crippen molar-refractivity contribution in [2.24, 2.45) is 0 Å². The smallest absolute Gasteiger partial charge is 0.394 e. The molecule has 0 aromatic carbocycles. The molecule has 23 heteroatoms. The fourth-order valence-electron chi connectivity index (χ4n) is 3.85. The molecule has 2 aliphatic rings. The van der Waals surface area contributed by atoms with Crippen LogP contribution in [0.1, 0.15) is 6.23 Å². The summed E-state index contributed by atoms with van der Waals surface area (Å²) < 4.78 is 49.1. The average Bonchev–Trinajstić information content (AvgIpc) is 3.38. The van der Waals surface area contributed by atoms with Gasteiger partial charge in [-0.2, -0.15) is 9.29 Å². The zero-order valence-electron chi connectivity index (χ0n) is 19.3. The standard InChI is InChI=1S/C16H25N5O16P2/c17-16-19-12-6(13(28)20-16)18-3-21(12)14-10(26)8(24)5(34-14)2-33-38(29,30)37-39(31,32)36-15-11(27)9(25)7(23)4(1-22)35-15/h3-5,7-11,14-15,22-27H,1-2H2,(H,29,30)(H,31,32)(H3,17,19,20,28)/t4?,5-,7?,8-,9?,10-,11?,14-,15?/m1/s1. The number of imidazole rings is 1. The number of anilines is 1. The predicted octanol–water partition coefficient (Wildman–Crippen LogP) is -4.63. The third kappa shape index (κ3) is 6.22. The number of aliphatic hydroxyl groups excluding tert-OH is 6. The summed E-state index contributed by atoms with van der Waals surface area (Å²) in [5, 5.41) is 59.2. The fraction of sp³-hybridized carbons (Fsp3) is 0.688. The van der Waals surface area contributed by atoms with Gasteiger partial charge in [-0.05, 0) is 0 Å². The number of H-pyrrole nitrogens is 1. The number of hydrogen-bond donors (Lipinski definition) is 10. The third-order valence-corrected chi connectivity index (χ3v) is 8.36. The third-order valence-electron chi connectivity index (χ3n) is 5.76. The van der Waals surface area contributed by atoms with Crippen LogP contribution >= 0.6 is 15.6 Å². The van der Waals surface area contributed by atoms with E-state index >= 15 is 0 Å². The van der Waals surface area contributed by atoms with Gasteiger partial charge in [0.1, 0.15) is 42.7 Å². The number of nitrogens with one attached hydrogen (secondary N) is 1. The minimum absolute atomic E-state index is 0.114. The minimum Gasteiger partial charge on any atom is -0.394 e. The number of nitrogens with zero attached hydrogens (tertiary/aromatic N) is 3. The molecule has 4 heterocycles. The Bertz CT molecular complexity index is 1340. The van der Waals surface area contributed by atoms with Crippen molar-refractivity contribution in [1.82, 2.24) is 19.5 Å². The Morgan fingerprint density at radius 2 is 1.67 bits per heavy atom. The molecule has 0 spiro atoms. The monoisotopic (exact) mass is 605 g/mol. The molecule has 2 fully saturated rings. The summed E-state index contributed by atoms with van der Waals surface area (Å²) in [5.41, 5.74) is 4.54. The van der Waals surface area contributed by atoms with Crippen LogP contribution in [0.15, 0.2) is 11.1 Å². The SMILES string of the molecule is Nc1nc2c(ncn2[C@@H]2O[C@H](COP(=O)(O)OP(=O)(O)OC3OC(CO)C(O)C(O)C3O)[C@@H](O)[C@H]2O)c(=O)[nH]1. The number of nitrogens with two attached hydrogens (primary N) is 1. The molecular formula is C16H25N5O16P2. The molecule has 0 aliphatic carbocycles. The van der Waals surface area contributed by atoms with E-state index in [4.69, 9.17) is 20.3 Å². The quantitative estimate of drug-likeness (QED) is 0.120. The summed E-state index contributed by atoms with van der Waals surface area (Å²) >= 11 is 0. The molecule has 0 radical (unpaired) electrons. The highest BCUT2D eigenvalue weighted by Crippen LogP contribution is 2.61. The van der Waals surface area contributed by atoms with E-state index in [0.29, 0.717) is 0 Å². The molecule has 220 valence electrons. The molecule has 39 heavy (non-hydrogen) atoms. The number of ether oxygens (including phenoxy) is 2. The number of nitrogen functional groups attached to an aromatic ring is 1. The van der Waals surface area contributed by atoms with Crippen LogP contribution in [-0.4, -0.2) is 122 Å². The second-order valence-corrected chi connectivity index (χ2v) is 11.4. The Morgan fingerprint density at radius 3 is 2.33 bits per heavy atom. The number of aromatic nitrogens is 4. The van der Waals surface area contributed by atoms with Gasteiger partial charge >= 0.3 is 15.6 Å². The van der Waals surface area contributed by atoms with Crippen molar-refractivity contribution in [3.8, 4) is 0 Å². The van der Waals surface area contributed by atoms with E-state index in [1.54, 1.807) is 0 Å². The molecule has 11 atom stereocenters. The van der Waals surface area contributed by atoms with E-state index in [2.05, 4.69) is 28.3 Å². The van der Waals surface area contributed by atoms with E-state index in [-0.39, 0.29) is 17.1 Å². The van der Waals surface area contributed by atoms with Gasteiger partial charge in [-0.3, -0.25) is 23.4 Å². The molecule has 21 nitrogen and oxygen atoms in total. The summed E-state index contributed by atoms with van der Waals surface area (Å²) in [5.74, 6) is -0.278. The second-order valence-electron chi connectivity index (χ2n) is 8.44. The lowest BCUT2D eigenvalue weighted by Crippen LogP contribution is -2.58. The largest absolute Gasteiger partial charge is 0.483 e. The Balaban J connectivity index is 1.39. The minimum atomic E-state index is -5.60. The molecule has 2 aliphatic heterocycles. The van der Waals surface area contributed by atoms with Crippen LogP contribution in [-0.2, 0) is 32.0 Å². The molecule has 11 N–H and O–H groups in total. The van der Waals surface area contributed by atoms with Gasteiger partial charge in [0.15, 0.2) is 23.7 Å². The molecule has 7 unspecified atom stereocenters. The summed E-state index contributed by atoms with van der Waals surface area (Å²) in [6, 6.07) is 0. The van der Waals surface area contributed by atoms with E-state index in [0.717, 1.165) is 10.9 Å². The van der Waals surface area contributed by atoms with Gasteiger partial charge in [-0.1, -0.05) is 0 Å². The van der Waals surface area contributed by atoms with Crippen molar-refractivity contribution >= 4 is 32.8 Å². The van der Waals surface area contributed by atoms with Crippen molar-refractivity contribution in [3.63, 3.8) is 0 Å². The number of phosphoric ester groups is 2. The highest BCUT2D eigenvalue weighted by molar-refractivity contribution is 7.61. The van der Waals surface area contributed by atoms with Crippen molar-refractivity contribution in [3.05, 3.63) is 16.7 Å². The molecular weight excluding hydrogens is 580 g/mol. The summed E-state index contributed by atoms with van der Waals surface area (Å²) in [7, 11) is -11.1. The fourth-order valence-corrected chi connectivity index (χ4v) is 6.01. The van der Waals surface area contributed by atoms with Gasteiger partial charge in [0.25, 0.3) is 5.56 Å². The van der Waals surface area contributed by atoms with Gasteiger partial charge in [-0.25, -0.2) is 14.1 Å². The first-order chi connectivity index (χ1) is 18.1. The first-order valence-electron chi connectivity index (χ1n) is 10.9. The summed E-state index contributed by atoms with van der Waals surface area (Å²) in [6.45, 7) is -1.89. The van der Waals surface area contributed by atoms with Gasteiger partial charge in [0.2, 0.25) is 5.95 Å². The molecule has 0 bridgehead atoms. The first kappa shape index (κ1) is 30.1. The average molecular weight is 605 g/mol. The Morgan fingerprint density at radius 1 is 1.00 bits per heavy atom. The molecule has 2 aromatic heterocycles. The van der Waals surface area contributed by atoms with Crippen molar-refractivity contribution in [2.75, 3.05) is 18.9 Å². The van der Waals surface area contributed by atoms with Gasteiger partial charge in [0, 0.05) is 0 Å². The Hall–Kier alpha value is -1.91. The van der Waals surface area contributed by atoms with Gasteiger partial charge in [0.05, 0.1) is 19.5 Å². The zero-order valence-corrected chi connectivity index (χ0v) is 21.1. The Kier molecular flexibility index (Phi) is 8.60. The highest BCUT2D eigenvalue weighted by atomic mass is 31.3. The number of fused-ring (bicyclic) bond motifs is 1. The summed E-state index contributed by atoms with van der Waals surface area (Å²) in [6.07, 6.45) is -15.0. The molecule has 4 rings (SSSR count). The maximum atomic E-state index is 12.3. The van der Waals surface area contributed by atoms with Gasteiger partial charge < -0.3 is 55.6 Å².